The van der Waals surface area contributed by atoms with Gasteiger partial charge in [-0.1, -0.05) is 43.3 Å². The monoisotopic (exact) mass is 388 g/mol. The molecule has 27 heavy (non-hydrogen) atoms. The Bertz CT molecular complexity index is 804. The normalized spacial score (nSPS) is 17.6. The summed E-state index contributed by atoms with van der Waals surface area (Å²) in [4.78, 5) is 2.45. The minimum atomic E-state index is -3.74. The summed E-state index contributed by atoms with van der Waals surface area (Å²) in [6.07, 6.45) is 1.49. The van der Waals surface area contributed by atoms with Crippen molar-refractivity contribution in [1.29, 1.82) is 0 Å². The van der Waals surface area contributed by atoms with Crippen LogP contribution < -0.4 is 4.31 Å². The average Bonchev–Trinajstić information content (AvgIpc) is 2.69. The second-order valence-electron chi connectivity index (χ2n) is 7.32. The molecular formula is C21H28N2O3S. The smallest absolute Gasteiger partial charge is 0.264 e. The molecule has 1 aliphatic heterocycles. The summed E-state index contributed by atoms with van der Waals surface area (Å²) in [7, 11) is -3.74. The molecule has 1 heterocycles. The van der Waals surface area contributed by atoms with Gasteiger partial charge in [-0.05, 0) is 56.1 Å². The van der Waals surface area contributed by atoms with Crippen LogP contribution in [0.15, 0.2) is 65.6 Å². The van der Waals surface area contributed by atoms with Crippen molar-refractivity contribution in [3.8, 4) is 0 Å². The number of piperidine rings is 1. The summed E-state index contributed by atoms with van der Waals surface area (Å²) in [5, 5.41) is 10.7. The summed E-state index contributed by atoms with van der Waals surface area (Å²) in [5.41, 5.74) is 0.563. The molecule has 1 unspecified atom stereocenters. The van der Waals surface area contributed by atoms with E-state index in [-0.39, 0.29) is 11.4 Å². The lowest BCUT2D eigenvalue weighted by Gasteiger charge is -2.33. The molecule has 0 aliphatic carbocycles. The molecule has 1 atom stereocenters. The van der Waals surface area contributed by atoms with Gasteiger partial charge in [0.2, 0.25) is 0 Å². The Labute approximate surface area is 162 Å². The number of likely N-dealkylation sites (tertiary alicyclic amines) is 1. The predicted octanol–water partition coefficient (Wildman–Crippen LogP) is 2.97. The van der Waals surface area contributed by atoms with Crippen LogP contribution in [0.4, 0.5) is 5.69 Å². The largest absolute Gasteiger partial charge is 0.390 e. The maximum atomic E-state index is 13.2. The first kappa shape index (κ1) is 19.9. The minimum Gasteiger partial charge on any atom is -0.390 e. The van der Waals surface area contributed by atoms with E-state index in [1.165, 1.54) is 4.31 Å². The molecule has 5 nitrogen and oxygen atoms in total. The van der Waals surface area contributed by atoms with Gasteiger partial charge in [-0.3, -0.25) is 4.31 Å². The van der Waals surface area contributed by atoms with Gasteiger partial charge in [0, 0.05) is 6.54 Å². The van der Waals surface area contributed by atoms with E-state index < -0.39 is 16.1 Å². The fraction of sp³-hybridized carbons (Fsp3) is 0.429. The van der Waals surface area contributed by atoms with Crippen molar-refractivity contribution in [2.24, 2.45) is 5.92 Å². The highest BCUT2D eigenvalue weighted by Crippen LogP contribution is 2.24. The van der Waals surface area contributed by atoms with Crippen LogP contribution in [-0.2, 0) is 10.0 Å². The van der Waals surface area contributed by atoms with Crippen LogP contribution in [0.1, 0.15) is 19.8 Å². The molecule has 2 aromatic rings. The molecule has 3 rings (SSSR count). The van der Waals surface area contributed by atoms with E-state index in [9.17, 15) is 13.5 Å². The molecule has 6 heteroatoms. The van der Waals surface area contributed by atoms with Crippen molar-refractivity contribution in [2.45, 2.75) is 30.8 Å². The molecule has 0 radical (unpaired) electrons. The Hall–Kier alpha value is -1.89. The van der Waals surface area contributed by atoms with Crippen molar-refractivity contribution in [3.63, 3.8) is 0 Å². The number of nitrogens with zero attached hydrogens (tertiary/aromatic N) is 2. The van der Waals surface area contributed by atoms with Crippen molar-refractivity contribution in [3.05, 3.63) is 60.7 Å². The Morgan fingerprint density at radius 3 is 2.19 bits per heavy atom. The Kier molecular flexibility index (Phi) is 6.52. The van der Waals surface area contributed by atoms with E-state index in [1.54, 1.807) is 54.6 Å². The zero-order chi connectivity index (χ0) is 19.3. The van der Waals surface area contributed by atoms with Crippen LogP contribution in [0.3, 0.4) is 0 Å². The topological polar surface area (TPSA) is 60.9 Å². The van der Waals surface area contributed by atoms with E-state index in [0.717, 1.165) is 31.8 Å². The number of anilines is 1. The molecule has 2 aromatic carbocycles. The molecule has 1 N–H and O–H groups in total. The van der Waals surface area contributed by atoms with Gasteiger partial charge < -0.3 is 10.0 Å². The summed E-state index contributed by atoms with van der Waals surface area (Å²) in [5.74, 6) is 0.720. The molecule has 1 saturated heterocycles. The first-order chi connectivity index (χ1) is 13.0. The van der Waals surface area contributed by atoms with E-state index in [2.05, 4.69) is 11.8 Å². The number of benzene rings is 2. The quantitative estimate of drug-likeness (QED) is 0.792. The van der Waals surface area contributed by atoms with Gasteiger partial charge in [-0.15, -0.1) is 0 Å². The number of aliphatic hydroxyl groups is 1. The third kappa shape index (κ3) is 5.09. The first-order valence-electron chi connectivity index (χ1n) is 9.50. The number of rotatable bonds is 7. The molecule has 1 aliphatic rings. The van der Waals surface area contributed by atoms with Crippen LogP contribution in [0.25, 0.3) is 0 Å². The molecule has 0 spiro atoms. The van der Waals surface area contributed by atoms with E-state index in [4.69, 9.17) is 0 Å². The molecule has 0 aromatic heterocycles. The number of hydrogen-bond donors (Lipinski definition) is 1. The van der Waals surface area contributed by atoms with Crippen LogP contribution in [-0.4, -0.2) is 50.7 Å². The van der Waals surface area contributed by atoms with Crippen LogP contribution in [0.5, 0.6) is 0 Å². The average molecular weight is 389 g/mol. The number of sulfonamides is 1. The van der Waals surface area contributed by atoms with Gasteiger partial charge in [0.25, 0.3) is 10.0 Å². The van der Waals surface area contributed by atoms with Gasteiger partial charge in [-0.25, -0.2) is 8.42 Å². The fourth-order valence-corrected chi connectivity index (χ4v) is 4.97. The Morgan fingerprint density at radius 2 is 1.59 bits per heavy atom. The van der Waals surface area contributed by atoms with Crippen molar-refractivity contribution < 1.29 is 13.5 Å². The Balaban J connectivity index is 1.79. The van der Waals surface area contributed by atoms with E-state index in [1.807, 2.05) is 6.07 Å². The second-order valence-corrected chi connectivity index (χ2v) is 9.18. The molecule has 1 fully saturated rings. The first-order valence-corrected chi connectivity index (χ1v) is 10.9. The minimum absolute atomic E-state index is 0.0350. The summed E-state index contributed by atoms with van der Waals surface area (Å²) in [6, 6.07) is 17.4. The SMILES string of the molecule is CC1CCN(CC(O)CN(c2ccccc2)S(=O)(=O)c2ccccc2)CC1. The summed E-state index contributed by atoms with van der Waals surface area (Å²) in [6.45, 7) is 4.68. The fourth-order valence-electron chi connectivity index (χ4n) is 3.45. The van der Waals surface area contributed by atoms with Gasteiger partial charge in [0.15, 0.2) is 0 Å². The van der Waals surface area contributed by atoms with Gasteiger partial charge in [-0.2, -0.15) is 0 Å². The van der Waals surface area contributed by atoms with Crippen molar-refractivity contribution in [2.75, 3.05) is 30.5 Å². The lowest BCUT2D eigenvalue weighted by atomic mass is 9.99. The van der Waals surface area contributed by atoms with Gasteiger partial charge >= 0.3 is 0 Å². The van der Waals surface area contributed by atoms with Crippen LogP contribution >= 0.6 is 0 Å². The summed E-state index contributed by atoms with van der Waals surface area (Å²) < 4.78 is 27.7. The highest BCUT2D eigenvalue weighted by molar-refractivity contribution is 7.92. The lowest BCUT2D eigenvalue weighted by molar-refractivity contribution is 0.0971. The van der Waals surface area contributed by atoms with Crippen molar-refractivity contribution >= 4 is 15.7 Å². The van der Waals surface area contributed by atoms with E-state index >= 15 is 0 Å². The molecule has 146 valence electrons. The van der Waals surface area contributed by atoms with Gasteiger partial charge in [0.1, 0.15) is 0 Å². The molecule has 0 bridgehead atoms. The van der Waals surface area contributed by atoms with E-state index in [0.29, 0.717) is 12.2 Å². The highest BCUT2D eigenvalue weighted by atomic mass is 32.2. The third-order valence-corrected chi connectivity index (χ3v) is 6.91. The van der Waals surface area contributed by atoms with Crippen LogP contribution in [0, 0.1) is 5.92 Å². The number of β-amino-alcohol motifs (C(OH)–C–C–N with tert-alkyl or cyclic N) is 1. The second kappa shape index (κ2) is 8.87. The molecule has 0 amide bonds. The van der Waals surface area contributed by atoms with Crippen molar-refractivity contribution in [1.82, 2.24) is 4.90 Å². The number of hydrogen-bond acceptors (Lipinski definition) is 4. The number of aliphatic hydroxyl groups excluding tert-OH is 1. The maximum absolute atomic E-state index is 13.2. The lowest BCUT2D eigenvalue weighted by Crippen LogP contribution is -2.44. The standard InChI is InChI=1S/C21H28N2O3S/c1-18-12-14-22(15-13-18)16-20(24)17-23(19-8-4-2-5-9-19)27(25,26)21-10-6-3-7-11-21/h2-11,18,20,24H,12-17H2,1H3. The Morgan fingerprint density at radius 1 is 1.04 bits per heavy atom. The highest BCUT2D eigenvalue weighted by Gasteiger charge is 2.28. The summed E-state index contributed by atoms with van der Waals surface area (Å²) >= 11 is 0. The van der Waals surface area contributed by atoms with Crippen LogP contribution in [0.2, 0.25) is 0 Å². The zero-order valence-electron chi connectivity index (χ0n) is 15.7. The third-order valence-electron chi connectivity index (χ3n) is 5.10. The predicted molar refractivity (Wildman–Crippen MR) is 108 cm³/mol. The maximum Gasteiger partial charge on any atom is 0.264 e. The molecular weight excluding hydrogens is 360 g/mol. The molecule has 0 saturated carbocycles. The number of para-hydroxylation sites is 1. The van der Waals surface area contributed by atoms with Gasteiger partial charge in [0.05, 0.1) is 23.2 Å². The zero-order valence-corrected chi connectivity index (χ0v) is 16.6.